The second-order valence-electron chi connectivity index (χ2n) is 5.85. The third-order valence-corrected chi connectivity index (χ3v) is 4.52. The molecular weight excluding hydrogens is 228 g/mol. The molecule has 0 aliphatic rings. The molecule has 1 rings (SSSR count). The lowest BCUT2D eigenvalue weighted by Crippen LogP contribution is -2.08. The van der Waals surface area contributed by atoms with Gasteiger partial charge in [-0.15, -0.1) is 0 Å². The van der Waals surface area contributed by atoms with Crippen LogP contribution in [0.15, 0.2) is 6.07 Å². The summed E-state index contributed by atoms with van der Waals surface area (Å²) in [4.78, 5) is 0. The van der Waals surface area contributed by atoms with Gasteiger partial charge < -0.3 is 0 Å². The van der Waals surface area contributed by atoms with Crippen LogP contribution in [0.3, 0.4) is 0 Å². The van der Waals surface area contributed by atoms with Crippen molar-refractivity contribution in [2.45, 2.75) is 86.0 Å². The van der Waals surface area contributed by atoms with Crippen LogP contribution in [-0.2, 0) is 12.8 Å². The molecule has 0 spiro atoms. The second kappa shape index (κ2) is 7.72. The Morgan fingerprint density at radius 3 is 1.79 bits per heavy atom. The highest BCUT2D eigenvalue weighted by molar-refractivity contribution is 5.46. The molecule has 1 aromatic carbocycles. The van der Waals surface area contributed by atoms with Crippen molar-refractivity contribution >= 4 is 0 Å². The minimum atomic E-state index is 0.772. The summed E-state index contributed by atoms with van der Waals surface area (Å²) in [6.45, 7) is 13.9. The Labute approximate surface area is 120 Å². The van der Waals surface area contributed by atoms with Crippen molar-refractivity contribution in [2.75, 3.05) is 0 Å². The van der Waals surface area contributed by atoms with E-state index in [-0.39, 0.29) is 0 Å². The fraction of sp³-hybridized carbons (Fsp3) is 0.684. The molecule has 1 aromatic rings. The number of hydrogen-bond donors (Lipinski definition) is 0. The van der Waals surface area contributed by atoms with Crippen LogP contribution in [-0.4, -0.2) is 0 Å². The highest BCUT2D eigenvalue weighted by atomic mass is 14.2. The molecule has 0 aliphatic carbocycles. The van der Waals surface area contributed by atoms with Crippen molar-refractivity contribution in [2.24, 2.45) is 0 Å². The Kier molecular flexibility index (Phi) is 6.62. The van der Waals surface area contributed by atoms with E-state index >= 15 is 0 Å². The van der Waals surface area contributed by atoms with E-state index in [9.17, 15) is 0 Å². The first-order valence-corrected chi connectivity index (χ1v) is 8.22. The molecule has 0 N–H and O–H groups in total. The zero-order valence-corrected chi connectivity index (χ0v) is 13.9. The molecule has 108 valence electrons. The molecule has 0 heteroatoms. The summed E-state index contributed by atoms with van der Waals surface area (Å²) in [7, 11) is 0. The van der Waals surface area contributed by atoms with Gasteiger partial charge in [0.2, 0.25) is 0 Å². The monoisotopic (exact) mass is 260 g/mol. The molecule has 0 aromatic heterocycles. The minimum Gasteiger partial charge on any atom is -0.0654 e. The van der Waals surface area contributed by atoms with Gasteiger partial charge in [0, 0.05) is 0 Å². The molecule has 19 heavy (non-hydrogen) atoms. The van der Waals surface area contributed by atoms with Gasteiger partial charge in [-0.25, -0.2) is 0 Å². The summed E-state index contributed by atoms with van der Waals surface area (Å²) in [6, 6.07) is 2.50. The van der Waals surface area contributed by atoms with Crippen LogP contribution < -0.4 is 0 Å². The van der Waals surface area contributed by atoms with E-state index in [0.29, 0.717) is 0 Å². The molecule has 0 atom stereocenters. The zero-order valence-electron chi connectivity index (χ0n) is 13.9. The van der Waals surface area contributed by atoms with Gasteiger partial charge in [-0.2, -0.15) is 0 Å². The Balaban J connectivity index is 3.32. The Morgan fingerprint density at radius 1 is 0.842 bits per heavy atom. The summed E-state index contributed by atoms with van der Waals surface area (Å²) < 4.78 is 0. The fourth-order valence-electron chi connectivity index (χ4n) is 3.63. The van der Waals surface area contributed by atoms with Crippen LogP contribution in [0.2, 0.25) is 0 Å². The second-order valence-corrected chi connectivity index (χ2v) is 5.85. The van der Waals surface area contributed by atoms with Gasteiger partial charge in [0.25, 0.3) is 0 Å². The molecule has 0 amide bonds. The van der Waals surface area contributed by atoms with Crippen LogP contribution in [0.25, 0.3) is 0 Å². The predicted octanol–water partition coefficient (Wildman–Crippen LogP) is 6.11. The summed E-state index contributed by atoms with van der Waals surface area (Å²) in [6.07, 6.45) is 7.61. The van der Waals surface area contributed by atoms with Gasteiger partial charge in [0.1, 0.15) is 0 Å². The lowest BCUT2D eigenvalue weighted by molar-refractivity contribution is 0.556. The molecule has 0 saturated carbocycles. The summed E-state index contributed by atoms with van der Waals surface area (Å²) in [5.74, 6) is 0.772. The Hall–Kier alpha value is -0.780. The minimum absolute atomic E-state index is 0.772. The fourth-order valence-corrected chi connectivity index (χ4v) is 3.63. The van der Waals surface area contributed by atoms with E-state index in [1.807, 2.05) is 0 Å². The van der Waals surface area contributed by atoms with Crippen LogP contribution >= 0.6 is 0 Å². The van der Waals surface area contributed by atoms with Crippen LogP contribution in [0.5, 0.6) is 0 Å². The normalized spacial score (nSPS) is 11.3. The Bertz CT molecular complexity index is 395. The highest BCUT2D eigenvalue weighted by Gasteiger charge is 2.17. The third kappa shape index (κ3) is 3.61. The van der Waals surface area contributed by atoms with Crippen molar-refractivity contribution in [1.82, 2.24) is 0 Å². The average Bonchev–Trinajstić information content (AvgIpc) is 2.38. The maximum atomic E-state index is 2.50. The number of aryl methyl sites for hydroxylation is 1. The van der Waals surface area contributed by atoms with Crippen molar-refractivity contribution in [3.63, 3.8) is 0 Å². The smallest absolute Gasteiger partial charge is 0.0159 e. The van der Waals surface area contributed by atoms with E-state index in [1.54, 1.807) is 22.3 Å². The number of benzene rings is 1. The van der Waals surface area contributed by atoms with Crippen LogP contribution in [0.4, 0.5) is 0 Å². The van der Waals surface area contributed by atoms with Gasteiger partial charge in [0.05, 0.1) is 0 Å². The van der Waals surface area contributed by atoms with Gasteiger partial charge in [-0.3, -0.25) is 0 Å². The quantitative estimate of drug-likeness (QED) is 0.554. The number of hydrogen-bond acceptors (Lipinski definition) is 0. The molecule has 0 unspecified atom stereocenters. The lowest BCUT2D eigenvalue weighted by atomic mass is 9.81. The van der Waals surface area contributed by atoms with E-state index in [1.165, 1.54) is 37.7 Å². The molecule has 0 nitrogen and oxygen atoms in total. The van der Waals surface area contributed by atoms with Gasteiger partial charge in [-0.05, 0) is 73.3 Å². The molecule has 0 fully saturated rings. The number of rotatable bonds is 7. The van der Waals surface area contributed by atoms with Crippen LogP contribution in [0.1, 0.15) is 87.1 Å². The zero-order chi connectivity index (χ0) is 14.4. The largest absolute Gasteiger partial charge is 0.0654 e. The first-order chi connectivity index (χ1) is 9.10. The standard InChI is InChI=1S/C19H32/c1-7-11-16(12-8-2)19-13-14(5)17(9-3)15(6)18(19)10-4/h13,16H,7-12H2,1-6H3. The molecule has 0 bridgehead atoms. The summed E-state index contributed by atoms with van der Waals surface area (Å²) >= 11 is 0. The maximum absolute atomic E-state index is 2.50. The van der Waals surface area contributed by atoms with Gasteiger partial charge in [-0.1, -0.05) is 46.6 Å². The first kappa shape index (κ1) is 16.3. The predicted molar refractivity (Wildman–Crippen MR) is 87.2 cm³/mol. The van der Waals surface area contributed by atoms with Gasteiger partial charge >= 0.3 is 0 Å². The lowest BCUT2D eigenvalue weighted by Gasteiger charge is -2.24. The molecular formula is C19H32. The topological polar surface area (TPSA) is 0 Å². The van der Waals surface area contributed by atoms with Gasteiger partial charge in [0.15, 0.2) is 0 Å². The van der Waals surface area contributed by atoms with E-state index in [2.05, 4.69) is 47.6 Å². The molecule has 0 saturated heterocycles. The summed E-state index contributed by atoms with van der Waals surface area (Å²) in [5.41, 5.74) is 7.93. The third-order valence-electron chi connectivity index (χ3n) is 4.52. The molecule has 0 aliphatic heterocycles. The molecule has 0 heterocycles. The molecule has 0 radical (unpaired) electrons. The maximum Gasteiger partial charge on any atom is -0.0159 e. The van der Waals surface area contributed by atoms with Crippen LogP contribution in [0, 0.1) is 13.8 Å². The first-order valence-electron chi connectivity index (χ1n) is 8.22. The average molecular weight is 260 g/mol. The van der Waals surface area contributed by atoms with Crippen molar-refractivity contribution < 1.29 is 0 Å². The SMILES string of the molecule is CCCC(CCC)c1cc(C)c(CC)c(C)c1CC. The van der Waals surface area contributed by atoms with E-state index in [0.717, 1.165) is 12.3 Å². The van der Waals surface area contributed by atoms with Crippen molar-refractivity contribution in [1.29, 1.82) is 0 Å². The van der Waals surface area contributed by atoms with Crippen molar-refractivity contribution in [3.8, 4) is 0 Å². The highest BCUT2D eigenvalue weighted by Crippen LogP contribution is 2.34. The van der Waals surface area contributed by atoms with E-state index < -0.39 is 0 Å². The van der Waals surface area contributed by atoms with Crippen molar-refractivity contribution in [3.05, 3.63) is 33.9 Å². The van der Waals surface area contributed by atoms with E-state index in [4.69, 9.17) is 0 Å². The Morgan fingerprint density at radius 2 is 1.37 bits per heavy atom. The summed E-state index contributed by atoms with van der Waals surface area (Å²) in [5, 5.41) is 0.